The minimum atomic E-state index is -0.388. The van der Waals surface area contributed by atoms with Crippen LogP contribution in [0.3, 0.4) is 0 Å². The van der Waals surface area contributed by atoms with E-state index in [1.54, 1.807) is 23.0 Å². The molecule has 1 fully saturated rings. The second-order valence-corrected chi connectivity index (χ2v) is 7.56. The van der Waals surface area contributed by atoms with E-state index in [-0.39, 0.29) is 17.9 Å². The smallest absolute Gasteiger partial charge is 0.254 e. The van der Waals surface area contributed by atoms with Crippen molar-refractivity contribution < 1.29 is 9.59 Å². The van der Waals surface area contributed by atoms with Gasteiger partial charge in [-0.15, -0.1) is 0 Å². The number of rotatable bonds is 4. The number of nitrogens with zero attached hydrogens (tertiary/aromatic N) is 4. The summed E-state index contributed by atoms with van der Waals surface area (Å²) in [4.78, 5) is 41.2. The fraction of sp³-hybridized carbons (Fsp3) is 0.364. The average molecular weight is 391 g/mol. The highest BCUT2D eigenvalue weighted by atomic mass is 16.2. The molecule has 1 aliphatic rings. The Hall–Kier alpha value is -3.22. The van der Waals surface area contributed by atoms with Crippen LogP contribution in [0.25, 0.3) is 22.3 Å². The van der Waals surface area contributed by atoms with Gasteiger partial charge in [-0.05, 0) is 37.1 Å². The van der Waals surface area contributed by atoms with Crippen molar-refractivity contribution in [1.82, 2.24) is 24.8 Å². The Morgan fingerprint density at radius 2 is 2.07 bits per heavy atom. The van der Waals surface area contributed by atoms with Gasteiger partial charge in [0.1, 0.15) is 11.9 Å². The summed E-state index contributed by atoms with van der Waals surface area (Å²) >= 11 is 0. The van der Waals surface area contributed by atoms with E-state index in [1.807, 2.05) is 44.2 Å². The average Bonchev–Trinajstić information content (AvgIpc) is 3.10. The number of aryl methyl sites for hydroxylation is 1. The van der Waals surface area contributed by atoms with Crippen LogP contribution in [-0.4, -0.2) is 62.7 Å². The molecule has 1 atom stereocenters. The van der Waals surface area contributed by atoms with Crippen LogP contribution in [0.4, 0.5) is 0 Å². The molecule has 1 unspecified atom stereocenters. The van der Waals surface area contributed by atoms with Crippen LogP contribution in [0, 0.1) is 6.92 Å². The summed E-state index contributed by atoms with van der Waals surface area (Å²) in [5, 5.41) is 0. The molecule has 1 N–H and O–H groups in total. The van der Waals surface area contributed by atoms with E-state index in [4.69, 9.17) is 0 Å². The molecule has 1 aliphatic heterocycles. The maximum Gasteiger partial charge on any atom is 0.254 e. The topological polar surface area (TPSA) is 82.2 Å². The number of pyridine rings is 1. The van der Waals surface area contributed by atoms with Gasteiger partial charge in [0.05, 0.1) is 5.52 Å². The number of amides is 2. The van der Waals surface area contributed by atoms with Crippen molar-refractivity contribution in [2.75, 3.05) is 20.1 Å². The van der Waals surface area contributed by atoms with E-state index in [2.05, 4.69) is 15.0 Å². The first-order valence-electron chi connectivity index (χ1n) is 9.96. The van der Waals surface area contributed by atoms with Gasteiger partial charge in [-0.25, -0.2) is 9.97 Å². The van der Waals surface area contributed by atoms with Crippen LogP contribution in [0.2, 0.25) is 0 Å². The van der Waals surface area contributed by atoms with E-state index in [0.29, 0.717) is 30.7 Å². The highest BCUT2D eigenvalue weighted by Crippen LogP contribution is 2.25. The number of benzene rings is 1. The first kappa shape index (κ1) is 19.1. The van der Waals surface area contributed by atoms with Gasteiger partial charge in [0.15, 0.2) is 5.65 Å². The van der Waals surface area contributed by atoms with E-state index in [1.165, 1.54) is 0 Å². The van der Waals surface area contributed by atoms with Gasteiger partial charge in [0, 0.05) is 37.5 Å². The van der Waals surface area contributed by atoms with Crippen LogP contribution in [0.5, 0.6) is 0 Å². The van der Waals surface area contributed by atoms with Gasteiger partial charge in [0.25, 0.3) is 5.91 Å². The number of hydrogen-bond donors (Lipinski definition) is 1. The third kappa shape index (κ3) is 3.60. The molecule has 3 heterocycles. The number of H-pyrrole nitrogens is 1. The van der Waals surface area contributed by atoms with Crippen molar-refractivity contribution in [3.05, 3.63) is 47.9 Å². The van der Waals surface area contributed by atoms with Crippen molar-refractivity contribution in [2.24, 2.45) is 0 Å². The maximum absolute atomic E-state index is 13.3. The van der Waals surface area contributed by atoms with Crippen molar-refractivity contribution in [1.29, 1.82) is 0 Å². The minimum Gasteiger partial charge on any atom is -0.342 e. The Bertz CT molecular complexity index is 1070. The van der Waals surface area contributed by atoms with Gasteiger partial charge in [-0.2, -0.15) is 0 Å². The lowest BCUT2D eigenvalue weighted by molar-refractivity contribution is -0.138. The zero-order chi connectivity index (χ0) is 20.5. The van der Waals surface area contributed by atoms with E-state index in [9.17, 15) is 9.59 Å². The molecule has 1 saturated heterocycles. The molecule has 0 spiro atoms. The maximum atomic E-state index is 13.3. The number of imidazole rings is 1. The van der Waals surface area contributed by atoms with Crippen molar-refractivity contribution in [3.8, 4) is 11.1 Å². The molecule has 7 heteroatoms. The zero-order valence-electron chi connectivity index (χ0n) is 17.0. The predicted octanol–water partition coefficient (Wildman–Crippen LogP) is 3.02. The molecule has 7 nitrogen and oxygen atoms in total. The molecule has 29 heavy (non-hydrogen) atoms. The van der Waals surface area contributed by atoms with E-state index < -0.39 is 0 Å². The fourth-order valence-electron chi connectivity index (χ4n) is 3.88. The van der Waals surface area contributed by atoms with Gasteiger partial charge >= 0.3 is 0 Å². The Morgan fingerprint density at radius 1 is 1.24 bits per heavy atom. The molecule has 0 aliphatic carbocycles. The number of fused-ring (bicyclic) bond motifs is 1. The zero-order valence-corrected chi connectivity index (χ0v) is 17.0. The van der Waals surface area contributed by atoms with Crippen LogP contribution >= 0.6 is 0 Å². The summed E-state index contributed by atoms with van der Waals surface area (Å²) in [6.45, 7) is 5.04. The molecule has 4 rings (SSSR count). The Labute approximate surface area is 169 Å². The number of carbonyl (C=O) groups excluding carboxylic acids is 2. The number of nitrogens with one attached hydrogen (secondary N) is 1. The summed E-state index contributed by atoms with van der Waals surface area (Å²) in [5.74, 6) is 0.736. The first-order valence-corrected chi connectivity index (χ1v) is 9.96. The first-order chi connectivity index (χ1) is 14.0. The summed E-state index contributed by atoms with van der Waals surface area (Å²) < 4.78 is 0. The molecule has 1 aromatic carbocycles. The van der Waals surface area contributed by atoms with Gasteiger partial charge in [0.2, 0.25) is 5.91 Å². The number of piperazine rings is 1. The molecular weight excluding hydrogens is 366 g/mol. The van der Waals surface area contributed by atoms with Gasteiger partial charge in [-0.3, -0.25) is 9.59 Å². The largest absolute Gasteiger partial charge is 0.342 e. The highest BCUT2D eigenvalue weighted by molar-refractivity contribution is 5.99. The number of likely N-dealkylation sites (N-methyl/N-ethyl adjacent to an activating group) is 1. The van der Waals surface area contributed by atoms with E-state index in [0.717, 1.165) is 28.9 Å². The second-order valence-electron chi connectivity index (χ2n) is 7.56. The molecule has 3 aromatic rings. The fourth-order valence-corrected chi connectivity index (χ4v) is 3.88. The SMILES string of the molecule is CCCC1C(=O)N(C)CCN1C(=O)c1cccc(-c2cnc3nc(C)[nH]c3c2)c1. The van der Waals surface area contributed by atoms with Crippen LogP contribution in [0.15, 0.2) is 36.5 Å². The van der Waals surface area contributed by atoms with Crippen molar-refractivity contribution in [2.45, 2.75) is 32.7 Å². The quantitative estimate of drug-likeness (QED) is 0.741. The Balaban J connectivity index is 1.65. The molecule has 2 aromatic heterocycles. The minimum absolute atomic E-state index is 0.0203. The molecular formula is C22H25N5O2. The summed E-state index contributed by atoms with van der Waals surface area (Å²) in [6, 6.07) is 9.12. The second kappa shape index (κ2) is 7.66. The van der Waals surface area contributed by atoms with Crippen LogP contribution < -0.4 is 0 Å². The van der Waals surface area contributed by atoms with Crippen molar-refractivity contribution >= 4 is 23.0 Å². The molecule has 0 radical (unpaired) electrons. The van der Waals surface area contributed by atoms with Crippen LogP contribution in [0.1, 0.15) is 35.9 Å². The lowest BCUT2D eigenvalue weighted by Crippen LogP contribution is -2.57. The molecule has 2 amide bonds. The lowest BCUT2D eigenvalue weighted by Gasteiger charge is -2.39. The number of aromatic amines is 1. The van der Waals surface area contributed by atoms with Crippen molar-refractivity contribution in [3.63, 3.8) is 0 Å². The predicted molar refractivity (Wildman–Crippen MR) is 111 cm³/mol. The van der Waals surface area contributed by atoms with Crippen LogP contribution in [-0.2, 0) is 4.79 Å². The molecule has 0 bridgehead atoms. The van der Waals surface area contributed by atoms with Gasteiger partial charge in [-0.1, -0.05) is 25.5 Å². The highest BCUT2D eigenvalue weighted by Gasteiger charge is 2.35. The number of carbonyl (C=O) groups is 2. The Morgan fingerprint density at radius 3 is 2.86 bits per heavy atom. The lowest BCUT2D eigenvalue weighted by atomic mass is 10.0. The molecule has 150 valence electrons. The summed E-state index contributed by atoms with van der Waals surface area (Å²) in [7, 11) is 1.80. The van der Waals surface area contributed by atoms with E-state index >= 15 is 0 Å². The summed E-state index contributed by atoms with van der Waals surface area (Å²) in [6.07, 6.45) is 3.29. The monoisotopic (exact) mass is 391 g/mol. The third-order valence-corrected chi connectivity index (χ3v) is 5.44. The number of hydrogen-bond acceptors (Lipinski definition) is 4. The third-order valence-electron chi connectivity index (χ3n) is 5.44. The number of aromatic nitrogens is 3. The standard InChI is InChI=1S/C22H25N5O2/c1-4-6-19-22(29)26(3)9-10-27(19)21(28)16-8-5-7-15(11-16)17-12-18-20(23-13-17)25-14(2)24-18/h5,7-8,11-13,19H,4,6,9-10H2,1-3H3,(H,23,24,25). The molecule has 0 saturated carbocycles. The summed E-state index contributed by atoms with van der Waals surface area (Å²) in [5.41, 5.74) is 3.95. The Kier molecular flexibility index (Phi) is 5.05. The normalized spacial score (nSPS) is 17.2. The van der Waals surface area contributed by atoms with Gasteiger partial charge < -0.3 is 14.8 Å².